The largest absolute Gasteiger partial charge is 0.351 e. The number of halogens is 1. The van der Waals surface area contributed by atoms with E-state index in [0.717, 1.165) is 28.9 Å². The van der Waals surface area contributed by atoms with E-state index < -0.39 is 0 Å². The van der Waals surface area contributed by atoms with Gasteiger partial charge < -0.3 is 4.90 Å². The third-order valence-electron chi connectivity index (χ3n) is 3.85. The van der Waals surface area contributed by atoms with Crippen LogP contribution >= 0.6 is 15.9 Å². The average Bonchev–Trinajstić information content (AvgIpc) is 3.03. The first-order valence-electron chi connectivity index (χ1n) is 6.93. The van der Waals surface area contributed by atoms with Crippen molar-refractivity contribution < 1.29 is 0 Å². The molecule has 2 aromatic heterocycles. The van der Waals surface area contributed by atoms with E-state index in [1.54, 1.807) is 0 Å². The Morgan fingerprint density at radius 3 is 2.95 bits per heavy atom. The molecule has 0 saturated heterocycles. The first-order chi connectivity index (χ1) is 9.29. The quantitative estimate of drug-likeness (QED) is 0.810. The predicted octanol–water partition coefficient (Wildman–Crippen LogP) is 3.18. The molecule has 0 aromatic carbocycles. The Kier molecular flexibility index (Phi) is 3.73. The predicted molar refractivity (Wildman–Crippen MR) is 81.1 cm³/mol. The highest BCUT2D eigenvalue weighted by Gasteiger charge is 2.25. The van der Waals surface area contributed by atoms with Crippen LogP contribution in [0.1, 0.15) is 31.4 Å². The van der Waals surface area contributed by atoms with E-state index in [0.29, 0.717) is 6.04 Å². The van der Waals surface area contributed by atoms with E-state index in [9.17, 15) is 0 Å². The monoisotopic (exact) mass is 322 g/mol. The van der Waals surface area contributed by atoms with Gasteiger partial charge in [-0.1, -0.05) is 28.8 Å². The third-order valence-corrected chi connectivity index (χ3v) is 4.21. The second-order valence-electron chi connectivity index (χ2n) is 5.19. The summed E-state index contributed by atoms with van der Waals surface area (Å²) in [5.74, 6) is 1.08. The van der Waals surface area contributed by atoms with Gasteiger partial charge in [0, 0.05) is 30.3 Å². The Labute approximate surface area is 121 Å². The maximum Gasteiger partial charge on any atom is 0.154 e. The van der Waals surface area contributed by atoms with Crippen LogP contribution in [0.15, 0.2) is 18.5 Å². The number of hydrogen-bond acceptors (Lipinski definition) is 3. The van der Waals surface area contributed by atoms with Gasteiger partial charge in [0.2, 0.25) is 0 Å². The summed E-state index contributed by atoms with van der Waals surface area (Å²) >= 11 is 3.57. The molecule has 0 spiro atoms. The van der Waals surface area contributed by atoms with Crippen LogP contribution in [-0.2, 0) is 0 Å². The van der Waals surface area contributed by atoms with Gasteiger partial charge in [0.25, 0.3) is 0 Å². The second kappa shape index (κ2) is 5.49. The third kappa shape index (κ3) is 2.48. The molecule has 1 aliphatic rings. The van der Waals surface area contributed by atoms with Gasteiger partial charge >= 0.3 is 0 Å². The van der Waals surface area contributed by atoms with Crippen LogP contribution in [0.3, 0.4) is 0 Å². The first kappa shape index (κ1) is 12.9. The zero-order valence-corrected chi connectivity index (χ0v) is 12.8. The molecule has 0 aliphatic heterocycles. The zero-order chi connectivity index (χ0) is 13.2. The summed E-state index contributed by atoms with van der Waals surface area (Å²) < 4.78 is 1.94. The molecule has 2 aromatic rings. The van der Waals surface area contributed by atoms with Crippen LogP contribution in [0.25, 0.3) is 5.52 Å². The van der Waals surface area contributed by atoms with Crippen molar-refractivity contribution in [2.75, 3.05) is 16.8 Å². The summed E-state index contributed by atoms with van der Waals surface area (Å²) in [5, 5.41) is 5.45. The zero-order valence-electron chi connectivity index (χ0n) is 11.2. The summed E-state index contributed by atoms with van der Waals surface area (Å²) in [6.07, 6.45) is 9.01. The van der Waals surface area contributed by atoms with E-state index in [1.807, 2.05) is 23.8 Å². The molecule has 0 N–H and O–H groups in total. The van der Waals surface area contributed by atoms with Crippen molar-refractivity contribution in [2.45, 2.75) is 38.6 Å². The van der Waals surface area contributed by atoms with Crippen molar-refractivity contribution in [3.05, 3.63) is 24.2 Å². The van der Waals surface area contributed by atoms with E-state index >= 15 is 0 Å². The highest BCUT2D eigenvalue weighted by molar-refractivity contribution is 9.09. The van der Waals surface area contributed by atoms with E-state index in [-0.39, 0.29) is 0 Å². The molecule has 19 heavy (non-hydrogen) atoms. The van der Waals surface area contributed by atoms with Crippen molar-refractivity contribution in [3.63, 3.8) is 0 Å². The van der Waals surface area contributed by atoms with E-state index in [4.69, 9.17) is 0 Å². The Hall–Kier alpha value is -1.10. The summed E-state index contributed by atoms with van der Waals surface area (Å²) in [7, 11) is 0. The minimum atomic E-state index is 0.631. The summed E-state index contributed by atoms with van der Waals surface area (Å²) in [6, 6.07) is 2.75. The Balaban J connectivity index is 2.03. The highest BCUT2D eigenvalue weighted by atomic mass is 79.9. The van der Waals surface area contributed by atoms with Crippen LogP contribution in [0.4, 0.5) is 5.82 Å². The fourth-order valence-corrected chi connectivity index (χ4v) is 3.40. The van der Waals surface area contributed by atoms with Crippen molar-refractivity contribution in [1.29, 1.82) is 0 Å². The number of anilines is 1. The molecular weight excluding hydrogens is 304 g/mol. The van der Waals surface area contributed by atoms with Gasteiger partial charge in [-0.15, -0.1) is 0 Å². The van der Waals surface area contributed by atoms with Gasteiger partial charge in [-0.05, 0) is 25.8 Å². The molecule has 0 amide bonds. The molecule has 4 nitrogen and oxygen atoms in total. The van der Waals surface area contributed by atoms with Crippen LogP contribution < -0.4 is 4.90 Å². The maximum atomic E-state index is 4.63. The molecule has 1 fully saturated rings. The van der Waals surface area contributed by atoms with Gasteiger partial charge in [-0.2, -0.15) is 5.10 Å². The molecule has 1 aliphatic carbocycles. The summed E-state index contributed by atoms with van der Waals surface area (Å²) in [5.41, 5.74) is 2.16. The number of alkyl halides is 1. The van der Waals surface area contributed by atoms with Gasteiger partial charge in [0.05, 0.1) is 5.69 Å². The molecule has 0 atom stereocenters. The lowest BCUT2D eigenvalue weighted by atomic mass is 10.2. The molecular formula is C14H19BrN4. The highest BCUT2D eigenvalue weighted by Crippen LogP contribution is 2.29. The lowest BCUT2D eigenvalue weighted by Crippen LogP contribution is -2.35. The summed E-state index contributed by atoms with van der Waals surface area (Å²) in [6.45, 7) is 3.03. The number of hydrogen-bond donors (Lipinski definition) is 0. The van der Waals surface area contributed by atoms with Gasteiger partial charge in [0.15, 0.2) is 5.82 Å². The van der Waals surface area contributed by atoms with E-state index in [2.05, 4.69) is 37.0 Å². The fraction of sp³-hybridized carbons (Fsp3) is 0.571. The molecule has 1 saturated carbocycles. The average molecular weight is 323 g/mol. The van der Waals surface area contributed by atoms with Crippen LogP contribution in [-0.4, -0.2) is 32.5 Å². The fourth-order valence-electron chi connectivity index (χ4n) is 3.02. The van der Waals surface area contributed by atoms with Crippen molar-refractivity contribution in [2.24, 2.45) is 0 Å². The van der Waals surface area contributed by atoms with Gasteiger partial charge in [0.1, 0.15) is 5.52 Å². The lowest BCUT2D eigenvalue weighted by molar-refractivity contribution is 0.616. The molecule has 3 rings (SSSR count). The topological polar surface area (TPSA) is 33.4 Å². The number of aryl methyl sites for hydroxylation is 1. The summed E-state index contributed by atoms with van der Waals surface area (Å²) in [4.78, 5) is 7.08. The first-order valence-corrected chi connectivity index (χ1v) is 8.05. The molecule has 5 heteroatoms. The smallest absolute Gasteiger partial charge is 0.154 e. The van der Waals surface area contributed by atoms with Crippen LogP contribution in [0.2, 0.25) is 0 Å². The van der Waals surface area contributed by atoms with Crippen molar-refractivity contribution in [3.8, 4) is 0 Å². The number of rotatable bonds is 4. The maximum absolute atomic E-state index is 4.63. The Bertz CT molecular complexity index is 560. The van der Waals surface area contributed by atoms with Gasteiger partial charge in [-0.25, -0.2) is 9.50 Å². The van der Waals surface area contributed by atoms with Crippen LogP contribution in [0, 0.1) is 6.92 Å². The number of fused-ring (bicyclic) bond motifs is 1. The molecule has 0 unspecified atom stereocenters. The molecule has 102 valence electrons. The minimum absolute atomic E-state index is 0.631. The second-order valence-corrected chi connectivity index (χ2v) is 5.98. The molecule has 0 radical (unpaired) electrons. The van der Waals surface area contributed by atoms with Gasteiger partial charge in [-0.3, -0.25) is 0 Å². The molecule has 2 heterocycles. The standard InChI is InChI=1S/C14H19BrN4/c1-11-10-13-14(16-7-9-19(13)17-11)18(8-6-15)12-4-2-3-5-12/h7,9-10,12H,2-6,8H2,1H3. The number of nitrogens with zero attached hydrogens (tertiary/aromatic N) is 4. The SMILES string of the molecule is Cc1cc2c(N(CCBr)C3CCCC3)nccn2n1. The van der Waals surface area contributed by atoms with Crippen LogP contribution in [0.5, 0.6) is 0 Å². The lowest BCUT2D eigenvalue weighted by Gasteiger charge is -2.29. The van der Waals surface area contributed by atoms with E-state index in [1.165, 1.54) is 25.7 Å². The normalized spacial score (nSPS) is 16.3. The Morgan fingerprint density at radius 2 is 2.21 bits per heavy atom. The Morgan fingerprint density at radius 1 is 1.42 bits per heavy atom. The molecule has 0 bridgehead atoms. The van der Waals surface area contributed by atoms with Crippen molar-refractivity contribution in [1.82, 2.24) is 14.6 Å². The minimum Gasteiger partial charge on any atom is -0.351 e. The van der Waals surface area contributed by atoms with Crippen molar-refractivity contribution >= 4 is 27.3 Å². The number of aromatic nitrogens is 3.